The van der Waals surface area contributed by atoms with Crippen LogP contribution in [0.15, 0.2) is 48.5 Å². The fourth-order valence-electron chi connectivity index (χ4n) is 2.63. The summed E-state index contributed by atoms with van der Waals surface area (Å²) >= 11 is 5.81. The maximum absolute atomic E-state index is 9.36. The molecule has 2 aromatic rings. The second kappa shape index (κ2) is 9.98. The highest BCUT2D eigenvalue weighted by Crippen LogP contribution is 2.33. The van der Waals surface area contributed by atoms with Gasteiger partial charge in [-0.15, -0.1) is 11.6 Å². The van der Waals surface area contributed by atoms with Crippen molar-refractivity contribution in [3.63, 3.8) is 0 Å². The minimum atomic E-state index is -0.866. The lowest BCUT2D eigenvalue weighted by atomic mass is 9.78. The number of hydrogen-bond donors (Lipinski definition) is 2. The summed E-state index contributed by atoms with van der Waals surface area (Å²) in [5.74, 6) is 2.42. The topological polar surface area (TPSA) is 58.9 Å². The standard InChI is InChI=1S/C22H29ClO4/c1-16(12-23)14-26-20-8-4-17(5-9-20)22(2,3)18-6-10-21(11-7-18)27-15-19(25)13-24/h4-11,16,19,24-25H,12-15H2,1-3H3/t16-,19-/m1/s1. The van der Waals surface area contributed by atoms with Gasteiger partial charge in [0.05, 0.1) is 13.2 Å². The first-order valence-corrected chi connectivity index (χ1v) is 9.71. The van der Waals surface area contributed by atoms with Crippen LogP contribution in [0.25, 0.3) is 0 Å². The third kappa shape index (κ3) is 6.13. The molecule has 0 aliphatic heterocycles. The van der Waals surface area contributed by atoms with E-state index in [1.807, 2.05) is 36.4 Å². The van der Waals surface area contributed by atoms with Crippen molar-refractivity contribution in [2.24, 2.45) is 5.92 Å². The van der Waals surface area contributed by atoms with Crippen molar-refractivity contribution in [3.8, 4) is 11.5 Å². The Morgan fingerprint density at radius 2 is 1.33 bits per heavy atom. The fraction of sp³-hybridized carbons (Fsp3) is 0.455. The van der Waals surface area contributed by atoms with Crippen LogP contribution in [0.3, 0.4) is 0 Å². The number of rotatable bonds is 10. The minimum Gasteiger partial charge on any atom is -0.493 e. The zero-order chi connectivity index (χ0) is 19.9. The number of alkyl halides is 1. The normalized spacial score (nSPS) is 13.9. The predicted octanol–water partition coefficient (Wildman–Crippen LogP) is 4.00. The van der Waals surface area contributed by atoms with Crippen LogP contribution in [0, 0.1) is 5.92 Å². The monoisotopic (exact) mass is 392 g/mol. The van der Waals surface area contributed by atoms with Crippen molar-refractivity contribution in [2.45, 2.75) is 32.3 Å². The molecular weight excluding hydrogens is 364 g/mol. The number of aliphatic hydroxyl groups is 2. The van der Waals surface area contributed by atoms with Crippen LogP contribution in [-0.2, 0) is 5.41 Å². The van der Waals surface area contributed by atoms with Crippen LogP contribution in [0.4, 0.5) is 0 Å². The van der Waals surface area contributed by atoms with Gasteiger partial charge in [-0.2, -0.15) is 0 Å². The summed E-state index contributed by atoms with van der Waals surface area (Å²) < 4.78 is 11.2. The van der Waals surface area contributed by atoms with Gasteiger partial charge in [0.1, 0.15) is 24.2 Å². The Hall–Kier alpha value is -1.75. The van der Waals surface area contributed by atoms with Gasteiger partial charge in [-0.3, -0.25) is 0 Å². The summed E-state index contributed by atoms with van der Waals surface area (Å²) in [6.45, 7) is 6.77. The van der Waals surface area contributed by atoms with Gasteiger partial charge in [0.25, 0.3) is 0 Å². The Morgan fingerprint density at radius 3 is 1.74 bits per heavy atom. The van der Waals surface area contributed by atoms with E-state index in [1.165, 1.54) is 5.56 Å². The quantitative estimate of drug-likeness (QED) is 0.600. The lowest BCUT2D eigenvalue weighted by Crippen LogP contribution is -2.21. The van der Waals surface area contributed by atoms with Crippen molar-refractivity contribution in [1.82, 2.24) is 0 Å². The number of benzene rings is 2. The highest BCUT2D eigenvalue weighted by Gasteiger charge is 2.23. The van der Waals surface area contributed by atoms with Gasteiger partial charge in [0.2, 0.25) is 0 Å². The molecule has 0 fully saturated rings. The molecule has 4 nitrogen and oxygen atoms in total. The van der Waals surface area contributed by atoms with Crippen LogP contribution >= 0.6 is 11.6 Å². The van der Waals surface area contributed by atoms with Crippen molar-refractivity contribution in [1.29, 1.82) is 0 Å². The summed E-state index contributed by atoms with van der Waals surface area (Å²) in [6.07, 6.45) is -0.866. The summed E-state index contributed by atoms with van der Waals surface area (Å²) in [7, 11) is 0. The van der Waals surface area contributed by atoms with Gasteiger partial charge < -0.3 is 19.7 Å². The molecule has 2 aromatic carbocycles. The molecular formula is C22H29ClO4. The van der Waals surface area contributed by atoms with Gasteiger partial charge in [0, 0.05) is 17.2 Å². The molecule has 2 rings (SSSR count). The molecule has 0 heterocycles. The van der Waals surface area contributed by atoms with E-state index in [0.29, 0.717) is 24.2 Å². The first-order valence-electron chi connectivity index (χ1n) is 9.18. The molecule has 2 atom stereocenters. The van der Waals surface area contributed by atoms with Crippen molar-refractivity contribution in [3.05, 3.63) is 59.7 Å². The van der Waals surface area contributed by atoms with E-state index in [4.69, 9.17) is 26.2 Å². The lowest BCUT2D eigenvalue weighted by molar-refractivity contribution is 0.0536. The molecule has 0 aliphatic carbocycles. The van der Waals surface area contributed by atoms with Crippen molar-refractivity contribution >= 4 is 11.6 Å². The average molecular weight is 393 g/mol. The maximum Gasteiger partial charge on any atom is 0.119 e. The average Bonchev–Trinajstić information content (AvgIpc) is 2.70. The van der Waals surface area contributed by atoms with E-state index in [0.717, 1.165) is 11.3 Å². The zero-order valence-electron chi connectivity index (χ0n) is 16.2. The summed E-state index contributed by atoms with van der Waals surface area (Å²) in [6, 6.07) is 16.0. The fourth-order valence-corrected chi connectivity index (χ4v) is 2.72. The molecule has 0 saturated heterocycles. The molecule has 0 amide bonds. The highest BCUT2D eigenvalue weighted by molar-refractivity contribution is 6.18. The first-order chi connectivity index (χ1) is 12.9. The molecule has 0 bridgehead atoms. The van der Waals surface area contributed by atoms with Gasteiger partial charge in [-0.25, -0.2) is 0 Å². The molecule has 0 unspecified atom stereocenters. The SMILES string of the molecule is C[C@H](CCl)COc1ccc(C(C)(C)c2ccc(OC[C@H](O)CO)cc2)cc1. The van der Waals surface area contributed by atoms with E-state index in [2.05, 4.69) is 32.9 Å². The molecule has 5 heteroatoms. The Kier molecular flexibility index (Phi) is 7.96. The van der Waals surface area contributed by atoms with Gasteiger partial charge in [-0.05, 0) is 35.4 Å². The molecule has 0 radical (unpaired) electrons. The van der Waals surface area contributed by atoms with Gasteiger partial charge in [0.15, 0.2) is 0 Å². The first kappa shape index (κ1) is 21.5. The molecule has 2 N–H and O–H groups in total. The number of halogens is 1. The predicted molar refractivity (Wildman–Crippen MR) is 109 cm³/mol. The third-order valence-electron chi connectivity index (χ3n) is 4.60. The molecule has 148 valence electrons. The Bertz CT molecular complexity index is 623. The Labute approximate surface area is 166 Å². The van der Waals surface area contributed by atoms with E-state index in [9.17, 15) is 5.11 Å². The van der Waals surface area contributed by atoms with Crippen molar-refractivity contribution in [2.75, 3.05) is 25.7 Å². The lowest BCUT2D eigenvalue weighted by Gasteiger charge is -2.26. The Balaban J connectivity index is 2.04. The zero-order valence-corrected chi connectivity index (χ0v) is 16.9. The molecule has 0 aromatic heterocycles. The second-order valence-corrected chi connectivity index (χ2v) is 7.70. The van der Waals surface area contributed by atoms with Crippen LogP contribution in [0.2, 0.25) is 0 Å². The highest BCUT2D eigenvalue weighted by atomic mass is 35.5. The number of ether oxygens (including phenoxy) is 2. The van der Waals surface area contributed by atoms with E-state index < -0.39 is 6.10 Å². The summed E-state index contributed by atoms with van der Waals surface area (Å²) in [5.41, 5.74) is 2.16. The van der Waals surface area contributed by atoms with Gasteiger partial charge in [-0.1, -0.05) is 45.0 Å². The maximum atomic E-state index is 9.36. The molecule has 0 spiro atoms. The van der Waals surface area contributed by atoms with E-state index in [1.54, 1.807) is 0 Å². The van der Waals surface area contributed by atoms with E-state index >= 15 is 0 Å². The summed E-state index contributed by atoms with van der Waals surface area (Å²) in [5, 5.41) is 18.2. The van der Waals surface area contributed by atoms with Crippen LogP contribution < -0.4 is 9.47 Å². The third-order valence-corrected chi connectivity index (χ3v) is 5.13. The minimum absolute atomic E-state index is 0.0725. The van der Waals surface area contributed by atoms with Crippen LogP contribution in [0.5, 0.6) is 11.5 Å². The van der Waals surface area contributed by atoms with Crippen molar-refractivity contribution < 1.29 is 19.7 Å². The van der Waals surface area contributed by atoms with Crippen LogP contribution in [-0.4, -0.2) is 42.0 Å². The Morgan fingerprint density at radius 1 is 0.889 bits per heavy atom. The molecule has 0 aliphatic rings. The van der Waals surface area contributed by atoms with E-state index in [-0.39, 0.29) is 18.6 Å². The number of aliphatic hydroxyl groups excluding tert-OH is 2. The number of hydrogen-bond acceptors (Lipinski definition) is 4. The summed E-state index contributed by atoms with van der Waals surface area (Å²) in [4.78, 5) is 0. The van der Waals surface area contributed by atoms with Crippen LogP contribution in [0.1, 0.15) is 31.9 Å². The largest absolute Gasteiger partial charge is 0.493 e. The smallest absolute Gasteiger partial charge is 0.119 e. The van der Waals surface area contributed by atoms with Gasteiger partial charge >= 0.3 is 0 Å². The molecule has 27 heavy (non-hydrogen) atoms. The second-order valence-electron chi connectivity index (χ2n) is 7.39. The molecule has 0 saturated carbocycles.